The molecule has 13 heteroatoms. The summed E-state index contributed by atoms with van der Waals surface area (Å²) < 4.78 is 31.3. The van der Waals surface area contributed by atoms with Gasteiger partial charge in [0.25, 0.3) is 11.1 Å². The van der Waals surface area contributed by atoms with E-state index < -0.39 is 52.9 Å². The molecule has 1 saturated heterocycles. The van der Waals surface area contributed by atoms with E-state index in [1.807, 2.05) is 0 Å². The lowest BCUT2D eigenvalue weighted by molar-refractivity contribution is -0.164. The number of hydrogen-bond donors (Lipinski definition) is 2. The summed E-state index contributed by atoms with van der Waals surface area (Å²) in [5.41, 5.74) is 0.467. The summed E-state index contributed by atoms with van der Waals surface area (Å²) in [6.07, 6.45) is 1.96. The van der Waals surface area contributed by atoms with Crippen LogP contribution in [0.25, 0.3) is 0 Å². The van der Waals surface area contributed by atoms with Crippen molar-refractivity contribution in [1.82, 2.24) is 14.8 Å². The number of nitrogens with zero attached hydrogens (tertiary/aromatic N) is 3. The summed E-state index contributed by atoms with van der Waals surface area (Å²) in [6.45, 7) is 2.57. The number of piperidine rings is 1. The first-order valence-corrected chi connectivity index (χ1v) is 13.9. The molecule has 0 bridgehead atoms. The average molecular weight is 562 g/mol. The largest absolute Gasteiger partial charge is 0.467 e. The van der Waals surface area contributed by atoms with Crippen LogP contribution in [-0.2, 0) is 22.6 Å². The molecule has 6 rings (SSSR count). The maximum atomic E-state index is 15.4. The molecule has 2 aromatic rings. The second kappa shape index (κ2) is 10.5. The topological polar surface area (TPSA) is 139 Å². The Morgan fingerprint density at radius 1 is 1.05 bits per heavy atom. The highest BCUT2D eigenvalue weighted by Gasteiger charge is 2.39. The van der Waals surface area contributed by atoms with E-state index in [9.17, 15) is 24.6 Å². The molecule has 3 aliphatic heterocycles. The molecule has 1 aromatic heterocycles. The van der Waals surface area contributed by atoms with Gasteiger partial charge in [-0.15, -0.1) is 0 Å². The maximum absolute atomic E-state index is 15.4. The standard InChI is InChI=1S/C26H28FN3O8S/c27-19-15(4-5-17-22(19)38-25(35)21(32)20(31)24(34)37-17)23(33)30-11-8-16-18(12-30)39-26(28-16)36-14-6-9-29(10-7-14)13-2-1-3-13/h4-5,13-14,20-21,31-32H,1-3,6-12H2. The Bertz CT molecular complexity index is 1310. The number of esters is 2. The second-order valence-corrected chi connectivity index (χ2v) is 11.3. The summed E-state index contributed by atoms with van der Waals surface area (Å²) in [4.78, 5) is 46.7. The third-order valence-corrected chi connectivity index (χ3v) is 8.79. The van der Waals surface area contributed by atoms with Gasteiger partial charge in [0.1, 0.15) is 6.10 Å². The van der Waals surface area contributed by atoms with Gasteiger partial charge in [0, 0.05) is 32.1 Å². The van der Waals surface area contributed by atoms with Crippen LogP contribution < -0.4 is 14.2 Å². The number of thiazole rings is 1. The van der Waals surface area contributed by atoms with Crippen LogP contribution in [0, 0.1) is 5.82 Å². The number of benzene rings is 1. The summed E-state index contributed by atoms with van der Waals surface area (Å²) in [7, 11) is 0. The molecule has 1 aromatic carbocycles. The minimum Gasteiger partial charge on any atom is -0.467 e. The minimum absolute atomic E-state index is 0.112. The third-order valence-electron chi connectivity index (χ3n) is 7.82. The van der Waals surface area contributed by atoms with Crippen molar-refractivity contribution in [3.05, 3.63) is 34.1 Å². The molecule has 11 nitrogen and oxygen atoms in total. The van der Waals surface area contributed by atoms with E-state index >= 15 is 4.39 Å². The van der Waals surface area contributed by atoms with Gasteiger partial charge >= 0.3 is 11.9 Å². The zero-order chi connectivity index (χ0) is 27.3. The van der Waals surface area contributed by atoms with Gasteiger partial charge in [-0.2, -0.15) is 0 Å². The van der Waals surface area contributed by atoms with Crippen LogP contribution in [0.4, 0.5) is 4.39 Å². The first kappa shape index (κ1) is 26.1. The van der Waals surface area contributed by atoms with Gasteiger partial charge < -0.3 is 34.2 Å². The number of hydrogen-bond acceptors (Lipinski definition) is 11. The molecule has 208 valence electrons. The number of rotatable bonds is 4. The predicted molar refractivity (Wildman–Crippen MR) is 133 cm³/mol. The van der Waals surface area contributed by atoms with Crippen molar-refractivity contribution in [3.63, 3.8) is 0 Å². The van der Waals surface area contributed by atoms with Crippen LogP contribution >= 0.6 is 11.3 Å². The van der Waals surface area contributed by atoms with Gasteiger partial charge in [-0.3, -0.25) is 4.79 Å². The number of carbonyl (C=O) groups excluding carboxylic acids is 3. The highest BCUT2D eigenvalue weighted by atomic mass is 32.1. The van der Waals surface area contributed by atoms with Crippen molar-refractivity contribution >= 4 is 29.2 Å². The molecule has 2 fully saturated rings. The monoisotopic (exact) mass is 561 g/mol. The van der Waals surface area contributed by atoms with E-state index in [1.54, 1.807) is 0 Å². The SMILES string of the molecule is O=C1Oc2ccc(C(=O)N3CCc4nc(OC5CCN(C6CCC6)CC5)sc4C3)c(F)c2OC(=O)C(O)C1O. The van der Waals surface area contributed by atoms with Crippen LogP contribution in [0.2, 0.25) is 0 Å². The molecule has 1 saturated carbocycles. The van der Waals surface area contributed by atoms with E-state index in [2.05, 4.69) is 9.88 Å². The van der Waals surface area contributed by atoms with Gasteiger partial charge in [0.2, 0.25) is 5.75 Å². The minimum atomic E-state index is -2.26. The molecule has 4 aliphatic rings. The molecule has 0 radical (unpaired) electrons. The lowest BCUT2D eigenvalue weighted by Crippen LogP contribution is -2.46. The van der Waals surface area contributed by atoms with Crippen LogP contribution in [0.15, 0.2) is 12.1 Å². The first-order chi connectivity index (χ1) is 18.8. The van der Waals surface area contributed by atoms with Gasteiger partial charge in [-0.1, -0.05) is 17.8 Å². The lowest BCUT2D eigenvalue weighted by atomic mass is 9.90. The van der Waals surface area contributed by atoms with E-state index in [4.69, 9.17) is 14.2 Å². The van der Waals surface area contributed by atoms with E-state index in [0.717, 1.165) is 54.7 Å². The molecular formula is C26H28FN3O8S. The van der Waals surface area contributed by atoms with Crippen molar-refractivity contribution in [2.45, 2.75) is 69.4 Å². The van der Waals surface area contributed by atoms with E-state index in [1.165, 1.54) is 35.5 Å². The predicted octanol–water partition coefficient (Wildman–Crippen LogP) is 1.42. The molecule has 1 amide bonds. The molecule has 2 atom stereocenters. The summed E-state index contributed by atoms with van der Waals surface area (Å²) >= 11 is 1.39. The Kier molecular flexibility index (Phi) is 7.00. The number of amides is 1. The Morgan fingerprint density at radius 3 is 2.46 bits per heavy atom. The molecule has 39 heavy (non-hydrogen) atoms. The van der Waals surface area contributed by atoms with E-state index in [-0.39, 0.29) is 12.6 Å². The van der Waals surface area contributed by atoms with Gasteiger partial charge in [0.15, 0.2) is 23.8 Å². The molecule has 2 N–H and O–H groups in total. The normalized spacial score (nSPS) is 24.5. The number of fused-ring (bicyclic) bond motifs is 2. The Hall–Kier alpha value is -3.13. The Labute approximate surface area is 227 Å². The van der Waals surface area contributed by atoms with Crippen molar-refractivity contribution in [2.75, 3.05) is 19.6 Å². The number of likely N-dealkylation sites (tertiary alicyclic amines) is 1. The second-order valence-electron chi connectivity index (χ2n) is 10.3. The van der Waals surface area contributed by atoms with Gasteiger partial charge in [-0.25, -0.2) is 19.0 Å². The zero-order valence-corrected chi connectivity index (χ0v) is 21.8. The smallest absolute Gasteiger partial charge is 0.343 e. The quantitative estimate of drug-likeness (QED) is 0.416. The fourth-order valence-electron chi connectivity index (χ4n) is 5.29. The molecule has 2 unspecified atom stereocenters. The third kappa shape index (κ3) is 4.99. The first-order valence-electron chi connectivity index (χ1n) is 13.1. The number of ether oxygens (including phenoxy) is 3. The van der Waals surface area contributed by atoms with Crippen LogP contribution in [0.5, 0.6) is 16.7 Å². The summed E-state index contributed by atoms with van der Waals surface area (Å²) in [5.74, 6) is -5.96. The van der Waals surface area contributed by atoms with Gasteiger partial charge in [-0.05, 0) is 37.8 Å². The Morgan fingerprint density at radius 2 is 1.77 bits per heavy atom. The number of aromatic nitrogens is 1. The Balaban J connectivity index is 1.13. The molecule has 4 heterocycles. The lowest BCUT2D eigenvalue weighted by Gasteiger charge is -2.41. The molecule has 1 aliphatic carbocycles. The average Bonchev–Trinajstić information content (AvgIpc) is 3.30. The summed E-state index contributed by atoms with van der Waals surface area (Å²) in [6, 6.07) is 2.96. The highest BCUT2D eigenvalue weighted by molar-refractivity contribution is 7.13. The number of aliphatic hydroxyl groups excluding tert-OH is 2. The van der Waals surface area contributed by atoms with Crippen molar-refractivity contribution in [2.24, 2.45) is 0 Å². The van der Waals surface area contributed by atoms with Crippen molar-refractivity contribution < 1.29 is 43.2 Å². The fourth-order valence-corrected chi connectivity index (χ4v) is 6.32. The molecular weight excluding hydrogens is 533 g/mol. The fraction of sp³-hybridized carbons (Fsp3) is 0.538. The maximum Gasteiger partial charge on any atom is 0.343 e. The van der Waals surface area contributed by atoms with Crippen molar-refractivity contribution in [3.8, 4) is 16.7 Å². The number of carbonyl (C=O) groups is 3. The summed E-state index contributed by atoms with van der Waals surface area (Å²) in [5, 5.41) is 20.0. The highest BCUT2D eigenvalue weighted by Crippen LogP contribution is 2.37. The number of halogens is 1. The van der Waals surface area contributed by atoms with E-state index in [0.29, 0.717) is 18.2 Å². The van der Waals surface area contributed by atoms with Crippen molar-refractivity contribution in [1.29, 1.82) is 0 Å². The number of aliphatic hydroxyl groups is 2. The van der Waals surface area contributed by atoms with Crippen LogP contribution in [0.3, 0.4) is 0 Å². The van der Waals surface area contributed by atoms with Crippen LogP contribution in [-0.4, -0.2) is 86.8 Å². The van der Waals surface area contributed by atoms with Gasteiger partial charge in [0.05, 0.1) is 22.7 Å². The molecule has 0 spiro atoms. The zero-order valence-electron chi connectivity index (χ0n) is 21.0. The van der Waals surface area contributed by atoms with Crippen LogP contribution in [0.1, 0.15) is 53.0 Å².